The minimum absolute atomic E-state index is 0.192. The molecule has 34 heavy (non-hydrogen) atoms. The van der Waals surface area contributed by atoms with Crippen molar-refractivity contribution in [1.82, 2.24) is 9.13 Å². The van der Waals surface area contributed by atoms with Crippen LogP contribution in [0, 0.1) is 0 Å². The van der Waals surface area contributed by atoms with Crippen molar-refractivity contribution < 1.29 is 28.7 Å². The number of aromatic nitrogens is 2. The summed E-state index contributed by atoms with van der Waals surface area (Å²) in [5, 5.41) is 4.20. The van der Waals surface area contributed by atoms with Gasteiger partial charge < -0.3 is 28.7 Å². The van der Waals surface area contributed by atoms with Gasteiger partial charge in [-0.1, -0.05) is 48.5 Å². The quantitative estimate of drug-likeness (QED) is 0.221. The van der Waals surface area contributed by atoms with Crippen LogP contribution in [0.5, 0.6) is 0 Å². The smallest absolute Gasteiger partial charge is 0.325 e. The van der Waals surface area contributed by atoms with E-state index in [0.29, 0.717) is 25.9 Å². The Labute approximate surface area is 195 Å². The zero-order chi connectivity index (χ0) is 24.1. The second-order valence-electron chi connectivity index (χ2n) is 8.68. The summed E-state index contributed by atoms with van der Waals surface area (Å²) >= 11 is 0. The van der Waals surface area contributed by atoms with Gasteiger partial charge in [0.15, 0.2) is 0 Å². The Bertz CT molecular complexity index is 1500. The molecule has 178 valence electrons. The molecule has 0 fully saturated rings. The summed E-state index contributed by atoms with van der Waals surface area (Å²) in [5.41, 5.74) is 3.92. The molecule has 0 unspecified atom stereocenters. The number of para-hydroxylation sites is 2. The van der Waals surface area contributed by atoms with Crippen LogP contribution in [0.1, 0.15) is 12.8 Å². The van der Waals surface area contributed by atoms with Crippen LogP contribution >= 0.6 is 15.2 Å². The van der Waals surface area contributed by atoms with Crippen LogP contribution in [-0.4, -0.2) is 41.0 Å². The van der Waals surface area contributed by atoms with Crippen LogP contribution in [0.25, 0.3) is 43.6 Å². The Morgan fingerprint density at radius 3 is 1.32 bits per heavy atom. The molecule has 0 bridgehead atoms. The van der Waals surface area contributed by atoms with E-state index in [-0.39, 0.29) is 12.3 Å². The third-order valence-electron chi connectivity index (χ3n) is 6.32. The summed E-state index contributed by atoms with van der Waals surface area (Å²) in [6, 6.07) is 20.1. The lowest BCUT2D eigenvalue weighted by Gasteiger charge is -2.13. The van der Waals surface area contributed by atoms with Gasteiger partial charge in [0.25, 0.3) is 0 Å². The molecule has 5 aromatic rings. The molecule has 0 aliphatic rings. The Balaban J connectivity index is 1.78. The first-order valence-electron chi connectivity index (χ1n) is 11.1. The van der Waals surface area contributed by atoms with Gasteiger partial charge in [-0.2, -0.15) is 0 Å². The van der Waals surface area contributed by atoms with Crippen molar-refractivity contribution in [2.75, 3.05) is 12.3 Å². The van der Waals surface area contributed by atoms with Crippen LogP contribution in [-0.2, 0) is 22.2 Å². The SMILES string of the molecule is O=P(O)(O)CCCn1c2ccccc2c2ccc3c4ccccc4n(CCCP(=O)(O)O)c3c21. The van der Waals surface area contributed by atoms with Gasteiger partial charge in [-0.25, -0.2) is 0 Å². The number of hydrogen-bond donors (Lipinski definition) is 4. The van der Waals surface area contributed by atoms with E-state index in [9.17, 15) is 28.7 Å². The highest BCUT2D eigenvalue weighted by Gasteiger charge is 2.21. The molecule has 2 heterocycles. The highest BCUT2D eigenvalue weighted by Crippen LogP contribution is 2.41. The molecule has 0 aliphatic carbocycles. The van der Waals surface area contributed by atoms with Crippen LogP contribution < -0.4 is 0 Å². The number of hydrogen-bond acceptors (Lipinski definition) is 2. The molecule has 0 saturated heterocycles. The van der Waals surface area contributed by atoms with Crippen molar-refractivity contribution in [2.24, 2.45) is 0 Å². The first-order valence-corrected chi connectivity index (χ1v) is 14.7. The van der Waals surface area contributed by atoms with Crippen molar-refractivity contribution in [3.05, 3.63) is 60.7 Å². The Morgan fingerprint density at radius 1 is 0.559 bits per heavy atom. The van der Waals surface area contributed by atoms with E-state index in [4.69, 9.17) is 0 Å². The molecule has 0 saturated carbocycles. The molecule has 0 radical (unpaired) electrons. The molecule has 2 aromatic heterocycles. The van der Waals surface area contributed by atoms with Gasteiger partial charge >= 0.3 is 15.2 Å². The van der Waals surface area contributed by atoms with E-state index in [1.807, 2.05) is 48.5 Å². The van der Waals surface area contributed by atoms with E-state index in [0.717, 1.165) is 43.6 Å². The van der Waals surface area contributed by atoms with Gasteiger partial charge in [-0.3, -0.25) is 9.13 Å². The molecular weight excluding hydrogens is 474 g/mol. The van der Waals surface area contributed by atoms with Crippen LogP contribution in [0.2, 0.25) is 0 Å². The Morgan fingerprint density at radius 2 is 0.941 bits per heavy atom. The molecule has 0 spiro atoms. The van der Waals surface area contributed by atoms with Gasteiger partial charge in [0.05, 0.1) is 23.4 Å². The Hall–Kier alpha value is -2.44. The van der Waals surface area contributed by atoms with Gasteiger partial charge in [-0.05, 0) is 25.0 Å². The van der Waals surface area contributed by atoms with E-state index in [1.165, 1.54) is 0 Å². The number of aryl methyl sites for hydroxylation is 2. The molecule has 5 rings (SSSR count). The van der Waals surface area contributed by atoms with Gasteiger partial charge in [0, 0.05) is 45.7 Å². The van der Waals surface area contributed by atoms with Crippen molar-refractivity contribution >= 4 is 58.8 Å². The number of nitrogens with zero attached hydrogens (tertiary/aromatic N) is 2. The molecule has 8 nitrogen and oxygen atoms in total. The lowest BCUT2D eigenvalue weighted by molar-refractivity contribution is 0.368. The predicted octanol–water partition coefficient (Wildman–Crippen LogP) is 5.04. The number of benzene rings is 3. The lowest BCUT2D eigenvalue weighted by Crippen LogP contribution is -2.04. The summed E-state index contributed by atoms with van der Waals surface area (Å²) in [4.78, 5) is 37.5. The first kappa shape index (κ1) is 23.3. The molecule has 0 aliphatic heterocycles. The fourth-order valence-corrected chi connectivity index (χ4v) is 6.12. The molecule has 4 N–H and O–H groups in total. The summed E-state index contributed by atoms with van der Waals surface area (Å²) in [6.45, 7) is 0.885. The molecule has 0 amide bonds. The number of rotatable bonds is 8. The van der Waals surface area contributed by atoms with Crippen LogP contribution in [0.3, 0.4) is 0 Å². The molecule has 10 heteroatoms. The predicted molar refractivity (Wildman–Crippen MR) is 136 cm³/mol. The monoisotopic (exact) mass is 500 g/mol. The zero-order valence-corrected chi connectivity index (χ0v) is 20.2. The van der Waals surface area contributed by atoms with E-state index >= 15 is 0 Å². The van der Waals surface area contributed by atoms with Gasteiger partial charge in [0.2, 0.25) is 0 Å². The van der Waals surface area contributed by atoms with Crippen LogP contribution in [0.15, 0.2) is 60.7 Å². The molecular formula is C24H26N2O6P2. The maximum absolute atomic E-state index is 11.5. The Kier molecular flexibility index (Phi) is 5.93. The highest BCUT2D eigenvalue weighted by atomic mass is 31.2. The summed E-state index contributed by atoms with van der Waals surface area (Å²) in [6.07, 6.45) is 0.268. The fraction of sp³-hybridized carbons (Fsp3) is 0.250. The first-order chi connectivity index (χ1) is 16.1. The third-order valence-corrected chi connectivity index (χ3v) is 8.12. The minimum atomic E-state index is -4.11. The summed E-state index contributed by atoms with van der Waals surface area (Å²) < 4.78 is 27.2. The highest BCUT2D eigenvalue weighted by molar-refractivity contribution is 7.52. The summed E-state index contributed by atoms with van der Waals surface area (Å²) in [5.74, 6) is 0. The molecule has 0 atom stereocenters. The maximum atomic E-state index is 11.5. The normalized spacial score (nSPS) is 13.1. The van der Waals surface area contributed by atoms with Crippen molar-refractivity contribution in [3.8, 4) is 0 Å². The zero-order valence-electron chi connectivity index (χ0n) is 18.4. The average molecular weight is 500 g/mol. The lowest BCUT2D eigenvalue weighted by atomic mass is 10.1. The second-order valence-corrected chi connectivity index (χ2v) is 12.2. The topological polar surface area (TPSA) is 125 Å². The maximum Gasteiger partial charge on any atom is 0.325 e. The fourth-order valence-electron chi connectivity index (χ4n) is 5.01. The van der Waals surface area contributed by atoms with Gasteiger partial charge in [-0.15, -0.1) is 0 Å². The third kappa shape index (κ3) is 4.34. The summed E-state index contributed by atoms with van der Waals surface area (Å²) in [7, 11) is -8.22. The van der Waals surface area contributed by atoms with Crippen molar-refractivity contribution in [1.29, 1.82) is 0 Å². The van der Waals surface area contributed by atoms with Gasteiger partial charge in [0.1, 0.15) is 0 Å². The minimum Gasteiger partial charge on any atom is -0.339 e. The van der Waals surface area contributed by atoms with Crippen LogP contribution in [0.4, 0.5) is 0 Å². The standard InChI is InChI=1S/C24H26N2O6P2/c27-33(28,29)15-5-13-25-21-9-3-1-7-17(21)19-11-12-20-18-8-2-4-10-22(18)26(24(20)23(19)25)14-6-16-34(30,31)32/h1-4,7-12H,5-6,13-16H2,(H2,27,28,29)(H2,30,31,32). The van der Waals surface area contributed by atoms with Crippen molar-refractivity contribution in [3.63, 3.8) is 0 Å². The average Bonchev–Trinajstić information content (AvgIpc) is 3.26. The molecule has 3 aromatic carbocycles. The van der Waals surface area contributed by atoms with E-state index in [2.05, 4.69) is 21.3 Å². The number of fused-ring (bicyclic) bond motifs is 7. The van der Waals surface area contributed by atoms with E-state index < -0.39 is 15.2 Å². The second kappa shape index (κ2) is 8.65. The van der Waals surface area contributed by atoms with Crippen molar-refractivity contribution in [2.45, 2.75) is 25.9 Å². The largest absolute Gasteiger partial charge is 0.339 e. The van der Waals surface area contributed by atoms with E-state index in [1.54, 1.807) is 0 Å².